The molecule has 1 aromatic carbocycles. The quantitative estimate of drug-likeness (QED) is 0.774. The summed E-state index contributed by atoms with van der Waals surface area (Å²) in [5.41, 5.74) is -1.63. The molecule has 3 rings (SSSR count). The third kappa shape index (κ3) is 4.26. The predicted octanol–water partition coefficient (Wildman–Crippen LogP) is 3.81. The number of rotatable bonds is 2. The van der Waals surface area contributed by atoms with E-state index >= 15 is 0 Å². The topological polar surface area (TPSA) is 35.5 Å². The highest BCUT2D eigenvalue weighted by Gasteiger charge is 2.37. The van der Waals surface area contributed by atoms with E-state index in [1.807, 2.05) is 4.90 Å². The number of likely N-dealkylation sites (tertiary alicyclic amines) is 1. The standard InChI is InChI=1S/C18H23F3N2OS/c19-18(20,21)14-5-3-4-13(12-14)17(24)8-10-23(11-9-17)16(25)22-15-6-1-2-7-15/h3-5,12,15,24H,1-2,6-11H2,(H,22,25). The molecule has 0 atom stereocenters. The lowest BCUT2D eigenvalue weighted by atomic mass is 9.84. The fourth-order valence-electron chi connectivity index (χ4n) is 3.69. The Kier molecular flexibility index (Phi) is 5.25. The zero-order valence-corrected chi connectivity index (χ0v) is 14.8. The van der Waals surface area contributed by atoms with Crippen LogP contribution >= 0.6 is 12.2 Å². The van der Waals surface area contributed by atoms with Gasteiger partial charge in [-0.3, -0.25) is 0 Å². The number of thiocarbonyl (C=S) groups is 1. The fourth-order valence-corrected chi connectivity index (χ4v) is 4.04. The number of hydrogen-bond donors (Lipinski definition) is 2. The van der Waals surface area contributed by atoms with E-state index in [2.05, 4.69) is 5.32 Å². The number of piperidine rings is 1. The van der Waals surface area contributed by atoms with Crippen LogP contribution < -0.4 is 5.32 Å². The van der Waals surface area contributed by atoms with Gasteiger partial charge in [0.1, 0.15) is 0 Å². The van der Waals surface area contributed by atoms with Crippen LogP contribution in [0.1, 0.15) is 49.7 Å². The number of benzene rings is 1. The first kappa shape index (κ1) is 18.5. The Labute approximate surface area is 151 Å². The zero-order chi connectivity index (χ0) is 18.1. The Balaban J connectivity index is 1.63. The predicted molar refractivity (Wildman–Crippen MR) is 94.1 cm³/mol. The Morgan fingerprint density at radius 3 is 2.44 bits per heavy atom. The minimum absolute atomic E-state index is 0.330. The first-order valence-corrected chi connectivity index (χ1v) is 9.14. The fraction of sp³-hybridized carbons (Fsp3) is 0.611. The largest absolute Gasteiger partial charge is 0.416 e. The van der Waals surface area contributed by atoms with Crippen LogP contribution in [0.4, 0.5) is 13.2 Å². The molecule has 0 radical (unpaired) electrons. The van der Waals surface area contributed by atoms with Crippen molar-refractivity contribution in [1.29, 1.82) is 0 Å². The molecular formula is C18H23F3N2OS. The molecule has 2 fully saturated rings. The van der Waals surface area contributed by atoms with E-state index in [-0.39, 0.29) is 0 Å². The third-order valence-electron chi connectivity index (χ3n) is 5.29. The average Bonchev–Trinajstić information content (AvgIpc) is 3.08. The van der Waals surface area contributed by atoms with Gasteiger partial charge in [-0.15, -0.1) is 0 Å². The summed E-state index contributed by atoms with van der Waals surface area (Å²) in [6.07, 6.45) is 1.01. The van der Waals surface area contributed by atoms with E-state index in [0.29, 0.717) is 42.6 Å². The van der Waals surface area contributed by atoms with Crippen molar-refractivity contribution in [2.24, 2.45) is 0 Å². The lowest BCUT2D eigenvalue weighted by Gasteiger charge is -2.40. The van der Waals surface area contributed by atoms with Crippen LogP contribution in [0.3, 0.4) is 0 Å². The summed E-state index contributed by atoms with van der Waals surface area (Å²) < 4.78 is 38.7. The number of halogens is 3. The minimum atomic E-state index is -4.40. The first-order valence-electron chi connectivity index (χ1n) is 8.73. The zero-order valence-electron chi connectivity index (χ0n) is 14.0. The van der Waals surface area contributed by atoms with Crippen LogP contribution in [-0.2, 0) is 11.8 Å². The van der Waals surface area contributed by atoms with Crippen molar-refractivity contribution in [2.75, 3.05) is 13.1 Å². The van der Waals surface area contributed by atoms with Gasteiger partial charge in [-0.2, -0.15) is 13.2 Å². The van der Waals surface area contributed by atoms with Gasteiger partial charge in [0.15, 0.2) is 5.11 Å². The number of nitrogens with zero attached hydrogens (tertiary/aromatic N) is 1. The maximum absolute atomic E-state index is 12.9. The summed E-state index contributed by atoms with van der Waals surface area (Å²) in [6.45, 7) is 1.07. The Hall–Kier alpha value is -1.34. The molecule has 0 spiro atoms. The molecule has 138 valence electrons. The van der Waals surface area contributed by atoms with E-state index in [4.69, 9.17) is 12.2 Å². The molecule has 1 aromatic rings. The molecule has 2 N–H and O–H groups in total. The molecule has 0 amide bonds. The highest BCUT2D eigenvalue weighted by atomic mass is 32.1. The van der Waals surface area contributed by atoms with Gasteiger partial charge in [-0.25, -0.2) is 0 Å². The number of alkyl halides is 3. The molecule has 0 bridgehead atoms. The average molecular weight is 372 g/mol. The molecule has 1 aliphatic carbocycles. The summed E-state index contributed by atoms with van der Waals surface area (Å²) in [4.78, 5) is 2.01. The van der Waals surface area contributed by atoms with Gasteiger partial charge in [0.2, 0.25) is 0 Å². The smallest absolute Gasteiger partial charge is 0.385 e. The normalized spacial score (nSPS) is 21.4. The van der Waals surface area contributed by atoms with Crippen LogP contribution in [0.25, 0.3) is 0 Å². The van der Waals surface area contributed by atoms with Crippen molar-refractivity contribution in [3.05, 3.63) is 35.4 Å². The van der Waals surface area contributed by atoms with Gasteiger partial charge >= 0.3 is 6.18 Å². The number of hydrogen-bond acceptors (Lipinski definition) is 2. The van der Waals surface area contributed by atoms with Crippen molar-refractivity contribution in [1.82, 2.24) is 10.2 Å². The summed E-state index contributed by atoms with van der Waals surface area (Å²) in [7, 11) is 0. The van der Waals surface area contributed by atoms with Crippen LogP contribution in [0.15, 0.2) is 24.3 Å². The maximum Gasteiger partial charge on any atom is 0.416 e. The summed E-state index contributed by atoms with van der Waals surface area (Å²) in [5.74, 6) is 0. The molecule has 0 aromatic heterocycles. The van der Waals surface area contributed by atoms with Gasteiger partial charge in [0, 0.05) is 19.1 Å². The molecule has 1 heterocycles. The molecule has 3 nitrogen and oxygen atoms in total. The van der Waals surface area contributed by atoms with Crippen molar-refractivity contribution in [3.8, 4) is 0 Å². The number of aliphatic hydroxyl groups is 1. The monoisotopic (exact) mass is 372 g/mol. The summed E-state index contributed by atoms with van der Waals surface area (Å²) >= 11 is 5.46. The third-order valence-corrected chi connectivity index (χ3v) is 5.66. The second-order valence-electron chi connectivity index (χ2n) is 7.03. The van der Waals surface area contributed by atoms with E-state index in [9.17, 15) is 18.3 Å². The summed E-state index contributed by atoms with van der Waals surface area (Å²) in [6, 6.07) is 5.44. The van der Waals surface area contributed by atoms with Crippen molar-refractivity contribution >= 4 is 17.3 Å². The molecule has 2 aliphatic rings. The van der Waals surface area contributed by atoms with Crippen LogP contribution in [0, 0.1) is 0 Å². The lowest BCUT2D eigenvalue weighted by Crippen LogP contribution is -2.50. The van der Waals surface area contributed by atoms with E-state index < -0.39 is 17.3 Å². The minimum Gasteiger partial charge on any atom is -0.385 e. The van der Waals surface area contributed by atoms with Gasteiger partial charge < -0.3 is 15.3 Å². The maximum atomic E-state index is 12.9. The van der Waals surface area contributed by atoms with E-state index in [1.165, 1.54) is 18.9 Å². The molecular weight excluding hydrogens is 349 g/mol. The highest BCUT2D eigenvalue weighted by molar-refractivity contribution is 7.80. The first-order chi connectivity index (χ1) is 11.8. The van der Waals surface area contributed by atoms with Crippen LogP contribution in [-0.4, -0.2) is 34.3 Å². The second-order valence-corrected chi connectivity index (χ2v) is 7.41. The van der Waals surface area contributed by atoms with Gasteiger partial charge in [0.25, 0.3) is 0 Å². The van der Waals surface area contributed by atoms with Crippen LogP contribution in [0.5, 0.6) is 0 Å². The van der Waals surface area contributed by atoms with Gasteiger partial charge in [0.05, 0.1) is 11.2 Å². The van der Waals surface area contributed by atoms with Gasteiger partial charge in [-0.1, -0.05) is 25.0 Å². The van der Waals surface area contributed by atoms with E-state index in [0.717, 1.165) is 25.0 Å². The van der Waals surface area contributed by atoms with Crippen LogP contribution in [0.2, 0.25) is 0 Å². The second kappa shape index (κ2) is 7.11. The highest BCUT2D eigenvalue weighted by Crippen LogP contribution is 2.36. The Morgan fingerprint density at radius 1 is 1.20 bits per heavy atom. The molecule has 1 aliphatic heterocycles. The Bertz CT molecular complexity index is 621. The molecule has 0 unspecified atom stereocenters. The van der Waals surface area contributed by atoms with Crippen molar-refractivity contribution in [3.63, 3.8) is 0 Å². The SMILES string of the molecule is OC1(c2cccc(C(F)(F)F)c2)CCN(C(=S)NC2CCCC2)CC1. The van der Waals surface area contributed by atoms with Crippen molar-refractivity contribution < 1.29 is 18.3 Å². The van der Waals surface area contributed by atoms with Crippen molar-refractivity contribution in [2.45, 2.75) is 56.3 Å². The summed E-state index contributed by atoms with van der Waals surface area (Å²) in [5, 5.41) is 14.9. The molecule has 1 saturated heterocycles. The van der Waals surface area contributed by atoms with Gasteiger partial charge in [-0.05, 0) is 55.6 Å². The van der Waals surface area contributed by atoms with E-state index in [1.54, 1.807) is 6.07 Å². The molecule has 25 heavy (non-hydrogen) atoms. The molecule has 1 saturated carbocycles. The Morgan fingerprint density at radius 2 is 1.84 bits per heavy atom. The number of nitrogens with one attached hydrogen (secondary N) is 1. The lowest BCUT2D eigenvalue weighted by molar-refractivity contribution is -0.137. The molecule has 7 heteroatoms.